The number of nitrogens with two attached hydrogens (primary N) is 2. The van der Waals surface area contributed by atoms with E-state index in [9.17, 15) is 9.18 Å². The smallest absolute Gasteiger partial charge is 0.304 e. The number of carboxylic acids is 1. The largest absolute Gasteiger partial charge is 0.481 e. The summed E-state index contributed by atoms with van der Waals surface area (Å²) in [6.45, 7) is 3.87. The lowest BCUT2D eigenvalue weighted by molar-refractivity contribution is -0.138. The molecular weight excluding hydrogens is 425 g/mol. The first-order valence-corrected chi connectivity index (χ1v) is 10.0. The second-order valence-electron chi connectivity index (χ2n) is 7.96. The summed E-state index contributed by atoms with van der Waals surface area (Å²) in [6.07, 6.45) is 1.40. The maximum absolute atomic E-state index is 13.6. The van der Waals surface area contributed by atoms with Crippen molar-refractivity contribution in [3.63, 3.8) is 0 Å². The van der Waals surface area contributed by atoms with Crippen molar-refractivity contribution in [3.05, 3.63) is 71.4 Å². The van der Waals surface area contributed by atoms with Crippen LogP contribution in [0.15, 0.2) is 58.6 Å². The molecule has 2 aromatic heterocycles. The van der Waals surface area contributed by atoms with Crippen LogP contribution in [0.2, 0.25) is 0 Å². The molecule has 0 aliphatic heterocycles. The Morgan fingerprint density at radius 1 is 1.15 bits per heavy atom. The molecular formula is C23H24FN7O2. The fourth-order valence-electron chi connectivity index (χ4n) is 3.20. The van der Waals surface area contributed by atoms with E-state index in [0.717, 1.165) is 0 Å². The molecule has 9 nitrogen and oxygen atoms in total. The Bertz CT molecular complexity index is 1220. The zero-order chi connectivity index (χ0) is 24.0. The predicted octanol–water partition coefficient (Wildman–Crippen LogP) is 2.95. The Balaban J connectivity index is 1.81. The van der Waals surface area contributed by atoms with Gasteiger partial charge >= 0.3 is 5.97 Å². The van der Waals surface area contributed by atoms with E-state index in [1.165, 1.54) is 18.3 Å². The van der Waals surface area contributed by atoms with Gasteiger partial charge in [-0.05, 0) is 30.3 Å². The van der Waals surface area contributed by atoms with E-state index >= 15 is 0 Å². The summed E-state index contributed by atoms with van der Waals surface area (Å²) in [5, 5.41) is 12.9. The van der Waals surface area contributed by atoms with Crippen molar-refractivity contribution in [1.82, 2.24) is 15.0 Å². The number of anilines is 1. The third-order valence-electron chi connectivity index (χ3n) is 4.83. The van der Waals surface area contributed by atoms with Gasteiger partial charge in [-0.1, -0.05) is 32.0 Å². The van der Waals surface area contributed by atoms with Gasteiger partial charge in [0.15, 0.2) is 0 Å². The summed E-state index contributed by atoms with van der Waals surface area (Å²) >= 11 is 0. The molecule has 0 bridgehead atoms. The minimum Gasteiger partial charge on any atom is -0.481 e. The lowest BCUT2D eigenvalue weighted by atomic mass is 9.85. The minimum atomic E-state index is -0.893. The molecule has 3 rings (SSSR count). The molecule has 0 amide bonds. The highest BCUT2D eigenvalue weighted by Crippen LogP contribution is 2.25. The number of hydrogen-bond acceptors (Lipinski definition) is 8. The Morgan fingerprint density at radius 2 is 1.91 bits per heavy atom. The van der Waals surface area contributed by atoms with Crippen molar-refractivity contribution >= 4 is 23.8 Å². The number of nitrogen functional groups attached to an aromatic ring is 1. The molecule has 5 N–H and O–H groups in total. The fraction of sp³-hybridized carbons (Fsp3) is 0.217. The number of halogens is 1. The molecule has 33 heavy (non-hydrogen) atoms. The Labute approximate surface area is 190 Å². The minimum absolute atomic E-state index is 0.0173. The predicted molar refractivity (Wildman–Crippen MR) is 124 cm³/mol. The lowest BCUT2D eigenvalue weighted by Crippen LogP contribution is -2.23. The van der Waals surface area contributed by atoms with Gasteiger partial charge in [0, 0.05) is 16.7 Å². The molecule has 0 aliphatic rings. The molecule has 0 radical (unpaired) electrons. The molecule has 0 saturated heterocycles. The summed E-state index contributed by atoms with van der Waals surface area (Å²) < 4.78 is 13.6. The van der Waals surface area contributed by atoms with Gasteiger partial charge < -0.3 is 16.7 Å². The number of carbonyl (C=O) groups is 1. The fourth-order valence-corrected chi connectivity index (χ4v) is 3.20. The second-order valence-corrected chi connectivity index (χ2v) is 7.96. The molecule has 0 fully saturated rings. The number of pyridine rings is 1. The van der Waals surface area contributed by atoms with Gasteiger partial charge in [-0.25, -0.2) is 14.4 Å². The molecule has 3 aromatic rings. The van der Waals surface area contributed by atoms with Crippen LogP contribution in [-0.2, 0) is 16.8 Å². The Morgan fingerprint density at radius 3 is 2.61 bits per heavy atom. The second kappa shape index (κ2) is 9.94. The van der Waals surface area contributed by atoms with Gasteiger partial charge in [0.2, 0.25) is 5.95 Å². The van der Waals surface area contributed by atoms with Crippen molar-refractivity contribution in [2.24, 2.45) is 15.9 Å². The number of aromatic nitrogens is 3. The number of hydrogen-bond donors (Lipinski definition) is 3. The molecule has 0 atom stereocenters. The van der Waals surface area contributed by atoms with E-state index in [4.69, 9.17) is 16.7 Å². The van der Waals surface area contributed by atoms with Crippen molar-refractivity contribution < 1.29 is 14.3 Å². The quantitative estimate of drug-likeness (QED) is 0.271. The van der Waals surface area contributed by atoms with Crippen LogP contribution in [0.3, 0.4) is 0 Å². The van der Waals surface area contributed by atoms with Crippen molar-refractivity contribution in [2.75, 3.05) is 5.73 Å². The summed E-state index contributed by atoms with van der Waals surface area (Å²) in [5.41, 5.74) is 8.06. The van der Waals surface area contributed by atoms with Gasteiger partial charge in [0.1, 0.15) is 11.5 Å². The molecule has 170 valence electrons. The van der Waals surface area contributed by atoms with Crippen LogP contribution in [0.4, 0.5) is 10.3 Å². The maximum atomic E-state index is 13.6. The summed E-state index contributed by atoms with van der Waals surface area (Å²) in [6, 6.07) is 12.9. The van der Waals surface area contributed by atoms with E-state index in [0.29, 0.717) is 28.3 Å². The molecule has 0 saturated carbocycles. The highest BCUT2D eigenvalue weighted by Gasteiger charge is 2.25. The summed E-state index contributed by atoms with van der Waals surface area (Å²) in [4.78, 5) is 28.3. The maximum Gasteiger partial charge on any atom is 0.304 e. The SMILES string of the molecule is CC(C)(CC(=O)O)c1cccc(CN=CC(=NN)c2cc(-c3cccc(F)c3)nc(N)n2)n1. The first-order chi connectivity index (χ1) is 15.7. The van der Waals surface area contributed by atoms with Crippen LogP contribution in [0, 0.1) is 5.82 Å². The van der Waals surface area contributed by atoms with Crippen LogP contribution in [0.1, 0.15) is 37.4 Å². The van der Waals surface area contributed by atoms with E-state index in [1.807, 2.05) is 19.9 Å². The first-order valence-electron chi connectivity index (χ1n) is 10.0. The number of aliphatic imine (C=N–C) groups is 1. The Kier molecular flexibility index (Phi) is 7.07. The summed E-state index contributed by atoms with van der Waals surface area (Å²) in [5.74, 6) is 4.23. The standard InChI is InChI=1S/C23H24FN7O2/c1-23(2,11-21(32)33)20-8-4-7-16(28-20)12-27-13-19(31-26)18-10-17(29-22(25)30-18)14-5-3-6-15(24)9-14/h3-10,13H,11-12,26H2,1-2H3,(H,32,33)(H2,25,29,30). The van der Waals surface area contributed by atoms with Crippen LogP contribution >= 0.6 is 0 Å². The van der Waals surface area contributed by atoms with Gasteiger partial charge in [0.25, 0.3) is 0 Å². The van der Waals surface area contributed by atoms with Crippen LogP contribution in [0.25, 0.3) is 11.3 Å². The first kappa shape index (κ1) is 23.5. The van der Waals surface area contributed by atoms with Crippen LogP contribution in [0.5, 0.6) is 0 Å². The van der Waals surface area contributed by atoms with E-state index < -0.39 is 17.2 Å². The van der Waals surface area contributed by atoms with Gasteiger partial charge in [0.05, 0.1) is 36.3 Å². The van der Waals surface area contributed by atoms with E-state index in [1.54, 1.807) is 30.3 Å². The zero-order valence-electron chi connectivity index (χ0n) is 18.2. The van der Waals surface area contributed by atoms with Crippen molar-refractivity contribution in [1.29, 1.82) is 0 Å². The molecule has 0 spiro atoms. The normalized spacial score (nSPS) is 12.3. The highest BCUT2D eigenvalue weighted by molar-refractivity contribution is 6.37. The topological polar surface area (TPSA) is 153 Å². The van der Waals surface area contributed by atoms with Crippen molar-refractivity contribution in [2.45, 2.75) is 32.2 Å². The molecule has 0 aliphatic carbocycles. The number of aliphatic carboxylic acids is 1. The molecule has 0 unspecified atom stereocenters. The van der Waals surface area contributed by atoms with E-state index in [2.05, 4.69) is 25.0 Å². The monoisotopic (exact) mass is 449 g/mol. The third kappa shape index (κ3) is 6.16. The van der Waals surface area contributed by atoms with Gasteiger partial charge in [-0.3, -0.25) is 14.8 Å². The van der Waals surface area contributed by atoms with Crippen molar-refractivity contribution in [3.8, 4) is 11.3 Å². The highest BCUT2D eigenvalue weighted by atomic mass is 19.1. The van der Waals surface area contributed by atoms with Crippen LogP contribution < -0.4 is 11.6 Å². The molecule has 2 heterocycles. The van der Waals surface area contributed by atoms with Crippen LogP contribution in [-0.4, -0.2) is 38.0 Å². The Hall–Kier alpha value is -4.21. The number of hydrazone groups is 1. The van der Waals surface area contributed by atoms with Gasteiger partial charge in [-0.2, -0.15) is 5.10 Å². The zero-order valence-corrected chi connectivity index (χ0v) is 18.2. The average molecular weight is 449 g/mol. The van der Waals surface area contributed by atoms with E-state index in [-0.39, 0.29) is 24.6 Å². The lowest BCUT2D eigenvalue weighted by Gasteiger charge is -2.22. The number of nitrogens with zero attached hydrogens (tertiary/aromatic N) is 5. The molecule has 10 heteroatoms. The number of benzene rings is 1. The number of rotatable bonds is 8. The molecule has 1 aromatic carbocycles. The van der Waals surface area contributed by atoms with Gasteiger partial charge in [-0.15, -0.1) is 0 Å². The number of carboxylic acid groups (broad SMARTS) is 1. The summed E-state index contributed by atoms with van der Waals surface area (Å²) in [7, 11) is 0. The average Bonchev–Trinajstić information content (AvgIpc) is 2.76. The third-order valence-corrected chi connectivity index (χ3v) is 4.83.